The quantitative estimate of drug-likeness (QED) is 0.879. The molecule has 0 radical (unpaired) electrons. The van der Waals surface area contributed by atoms with Crippen LogP contribution in [-0.4, -0.2) is 49.0 Å². The van der Waals surface area contributed by atoms with Gasteiger partial charge in [0.15, 0.2) is 6.10 Å². The maximum Gasteiger partial charge on any atom is 0.260 e. The van der Waals surface area contributed by atoms with E-state index in [9.17, 15) is 9.59 Å². The van der Waals surface area contributed by atoms with Crippen LogP contribution in [0.2, 0.25) is 0 Å². The van der Waals surface area contributed by atoms with Crippen LogP contribution in [0.1, 0.15) is 19.8 Å². The second kappa shape index (κ2) is 6.20. The maximum absolute atomic E-state index is 12.8. The van der Waals surface area contributed by atoms with Crippen LogP contribution in [0.4, 0.5) is 5.69 Å². The van der Waals surface area contributed by atoms with Crippen LogP contribution >= 0.6 is 0 Å². The summed E-state index contributed by atoms with van der Waals surface area (Å²) in [6.07, 6.45) is 1.67. The van der Waals surface area contributed by atoms with E-state index < -0.39 is 12.0 Å². The smallest absolute Gasteiger partial charge is 0.260 e. The number of hydrogen-bond acceptors (Lipinski definition) is 4. The largest absolute Gasteiger partial charge is 0.477 e. The molecule has 2 aliphatic rings. The zero-order chi connectivity index (χ0) is 16.6. The predicted molar refractivity (Wildman–Crippen MR) is 87.2 cm³/mol. The number of rotatable bonds is 5. The molecule has 1 aromatic rings. The fraction of sp³-hybridized carbons (Fsp3) is 0.529. The summed E-state index contributed by atoms with van der Waals surface area (Å²) >= 11 is 0. The van der Waals surface area contributed by atoms with Gasteiger partial charge in [0, 0.05) is 6.04 Å². The monoisotopic (exact) mass is 317 g/mol. The van der Waals surface area contributed by atoms with E-state index >= 15 is 0 Å². The standard InChI is InChI=1S/C17H23N3O3/c1-11(12-7-8-12)19(2)10-16(21)20-9-15(17(18)22)23-14-6-4-3-5-13(14)20/h3-6,11-12,15H,7-10H2,1-2H3,(H2,18,22)/t11-,15-/m0/s1. The number of anilines is 1. The number of para-hydroxylation sites is 2. The first-order valence-electron chi connectivity index (χ1n) is 8.03. The number of nitrogens with two attached hydrogens (primary N) is 1. The summed E-state index contributed by atoms with van der Waals surface area (Å²) in [6.45, 7) is 2.64. The van der Waals surface area contributed by atoms with Gasteiger partial charge in [0.25, 0.3) is 5.91 Å². The van der Waals surface area contributed by atoms with Crippen LogP contribution in [0.25, 0.3) is 0 Å². The van der Waals surface area contributed by atoms with E-state index in [1.165, 1.54) is 12.8 Å². The SMILES string of the molecule is C[C@@H](C1CC1)N(C)CC(=O)N1C[C@@H](C(N)=O)Oc2ccccc21. The van der Waals surface area contributed by atoms with E-state index in [2.05, 4.69) is 11.8 Å². The van der Waals surface area contributed by atoms with Crippen LogP contribution in [0.5, 0.6) is 5.75 Å². The number of nitrogens with zero attached hydrogens (tertiary/aromatic N) is 2. The third-order valence-electron chi connectivity index (χ3n) is 4.78. The Labute approximate surface area is 136 Å². The number of benzene rings is 1. The van der Waals surface area contributed by atoms with E-state index in [0.717, 1.165) is 0 Å². The second-order valence-electron chi connectivity index (χ2n) is 6.47. The van der Waals surface area contributed by atoms with E-state index in [4.69, 9.17) is 10.5 Å². The summed E-state index contributed by atoms with van der Waals surface area (Å²) in [4.78, 5) is 28.0. The number of hydrogen-bond donors (Lipinski definition) is 1. The summed E-state index contributed by atoms with van der Waals surface area (Å²) < 4.78 is 5.59. The van der Waals surface area contributed by atoms with E-state index in [-0.39, 0.29) is 12.5 Å². The molecule has 3 rings (SSSR count). The molecule has 1 aliphatic carbocycles. The van der Waals surface area contributed by atoms with Gasteiger partial charge in [0.1, 0.15) is 5.75 Å². The lowest BCUT2D eigenvalue weighted by Crippen LogP contribution is -2.52. The highest BCUT2D eigenvalue weighted by molar-refractivity contribution is 5.98. The summed E-state index contributed by atoms with van der Waals surface area (Å²) in [7, 11) is 1.97. The van der Waals surface area contributed by atoms with Crippen molar-refractivity contribution in [2.24, 2.45) is 11.7 Å². The minimum atomic E-state index is -0.806. The third kappa shape index (κ3) is 3.32. The molecule has 0 bridgehead atoms. The Morgan fingerprint density at radius 1 is 1.39 bits per heavy atom. The van der Waals surface area contributed by atoms with Gasteiger partial charge < -0.3 is 15.4 Å². The Hall–Kier alpha value is -2.08. The van der Waals surface area contributed by atoms with Crippen LogP contribution < -0.4 is 15.4 Å². The molecule has 0 saturated heterocycles. The molecule has 1 saturated carbocycles. The fourth-order valence-corrected chi connectivity index (χ4v) is 3.00. The number of likely N-dealkylation sites (N-methyl/N-ethyl adjacent to an activating group) is 1. The van der Waals surface area contributed by atoms with Crippen LogP contribution in [-0.2, 0) is 9.59 Å². The highest BCUT2D eigenvalue weighted by Crippen LogP contribution is 2.35. The Balaban J connectivity index is 1.76. The predicted octanol–water partition coefficient (Wildman–Crippen LogP) is 0.996. The highest BCUT2D eigenvalue weighted by Gasteiger charge is 2.35. The maximum atomic E-state index is 12.8. The van der Waals surface area contributed by atoms with Crippen LogP contribution in [0, 0.1) is 5.92 Å². The van der Waals surface area contributed by atoms with Gasteiger partial charge in [-0.25, -0.2) is 0 Å². The molecule has 0 unspecified atom stereocenters. The molecule has 2 N–H and O–H groups in total. The van der Waals surface area contributed by atoms with Crippen molar-refractivity contribution in [2.75, 3.05) is 25.0 Å². The van der Waals surface area contributed by atoms with Crippen LogP contribution in [0.3, 0.4) is 0 Å². The molecule has 0 aromatic heterocycles. The summed E-state index contributed by atoms with van der Waals surface area (Å²) in [6, 6.07) is 7.63. The number of carbonyl (C=O) groups excluding carboxylic acids is 2. The highest BCUT2D eigenvalue weighted by atomic mass is 16.5. The second-order valence-corrected chi connectivity index (χ2v) is 6.47. The molecule has 23 heavy (non-hydrogen) atoms. The number of amides is 2. The lowest BCUT2D eigenvalue weighted by molar-refractivity contribution is -0.125. The molecule has 0 spiro atoms. The average Bonchev–Trinajstić information content (AvgIpc) is 3.37. The zero-order valence-corrected chi connectivity index (χ0v) is 13.6. The van der Waals surface area contributed by atoms with Crippen LogP contribution in [0.15, 0.2) is 24.3 Å². The first kappa shape index (κ1) is 15.8. The van der Waals surface area contributed by atoms with Crippen molar-refractivity contribution in [1.29, 1.82) is 0 Å². The van der Waals surface area contributed by atoms with Crippen molar-refractivity contribution in [3.05, 3.63) is 24.3 Å². The number of primary amides is 1. The van der Waals surface area contributed by atoms with Crippen molar-refractivity contribution >= 4 is 17.5 Å². The Morgan fingerprint density at radius 2 is 2.09 bits per heavy atom. The molecule has 6 heteroatoms. The summed E-state index contributed by atoms with van der Waals surface area (Å²) in [5.41, 5.74) is 6.07. The number of ether oxygens (including phenoxy) is 1. The molecule has 2 amide bonds. The summed E-state index contributed by atoms with van der Waals surface area (Å²) in [5, 5.41) is 0. The summed E-state index contributed by atoms with van der Waals surface area (Å²) in [5.74, 6) is 0.621. The first-order valence-corrected chi connectivity index (χ1v) is 8.03. The molecular weight excluding hydrogens is 294 g/mol. The molecule has 1 heterocycles. The van der Waals surface area contributed by atoms with E-state index in [1.807, 2.05) is 25.2 Å². The first-order chi connectivity index (χ1) is 11.0. The number of fused-ring (bicyclic) bond motifs is 1. The van der Waals surface area contributed by atoms with Gasteiger partial charge in [-0.15, -0.1) is 0 Å². The van der Waals surface area contributed by atoms with Crippen molar-refractivity contribution in [3.63, 3.8) is 0 Å². The Bertz CT molecular complexity index is 615. The van der Waals surface area contributed by atoms with Crippen molar-refractivity contribution in [2.45, 2.75) is 31.9 Å². The topological polar surface area (TPSA) is 75.9 Å². The van der Waals surface area contributed by atoms with Gasteiger partial charge in [-0.05, 0) is 44.9 Å². The van der Waals surface area contributed by atoms with E-state index in [1.54, 1.807) is 11.0 Å². The Morgan fingerprint density at radius 3 is 2.74 bits per heavy atom. The van der Waals surface area contributed by atoms with Gasteiger partial charge in [0.2, 0.25) is 5.91 Å². The van der Waals surface area contributed by atoms with Gasteiger partial charge in [-0.2, -0.15) is 0 Å². The Kier molecular flexibility index (Phi) is 4.26. The molecule has 1 aromatic carbocycles. The molecule has 2 atom stereocenters. The van der Waals surface area contributed by atoms with Gasteiger partial charge in [0.05, 0.1) is 18.8 Å². The molecule has 1 aliphatic heterocycles. The molecule has 6 nitrogen and oxygen atoms in total. The minimum absolute atomic E-state index is 0.0398. The molecular formula is C17H23N3O3. The van der Waals surface area contributed by atoms with Crippen molar-refractivity contribution in [3.8, 4) is 5.75 Å². The van der Waals surface area contributed by atoms with Crippen molar-refractivity contribution < 1.29 is 14.3 Å². The van der Waals surface area contributed by atoms with Gasteiger partial charge >= 0.3 is 0 Å². The van der Waals surface area contributed by atoms with Crippen molar-refractivity contribution in [1.82, 2.24) is 4.90 Å². The van der Waals surface area contributed by atoms with Gasteiger partial charge in [-0.1, -0.05) is 12.1 Å². The lowest BCUT2D eigenvalue weighted by atomic mass is 10.1. The molecule has 1 fully saturated rings. The zero-order valence-electron chi connectivity index (χ0n) is 13.6. The fourth-order valence-electron chi connectivity index (χ4n) is 3.00. The third-order valence-corrected chi connectivity index (χ3v) is 4.78. The minimum Gasteiger partial charge on any atom is -0.477 e. The normalized spacial score (nSPS) is 21.5. The molecule has 124 valence electrons. The van der Waals surface area contributed by atoms with E-state index in [0.29, 0.717) is 29.9 Å². The number of carbonyl (C=O) groups is 2. The lowest BCUT2D eigenvalue weighted by Gasteiger charge is -2.35. The average molecular weight is 317 g/mol. The van der Waals surface area contributed by atoms with Gasteiger partial charge in [-0.3, -0.25) is 14.5 Å².